The number of nitro groups is 1. The molecule has 1 saturated heterocycles. The number of aromatic amines is 1. The average Bonchev–Trinajstić information content (AvgIpc) is 3.70. The summed E-state index contributed by atoms with van der Waals surface area (Å²) in [5.41, 5.74) is 6.61. The van der Waals surface area contributed by atoms with Gasteiger partial charge in [0.05, 0.1) is 34.6 Å². The van der Waals surface area contributed by atoms with Gasteiger partial charge in [0.1, 0.15) is 17.1 Å². The maximum Gasteiger partial charge on any atom is 0.281 e. The molecule has 1 amide bonds. The van der Waals surface area contributed by atoms with Crippen molar-refractivity contribution in [1.29, 1.82) is 5.41 Å². The fourth-order valence-electron chi connectivity index (χ4n) is 8.38. The topological polar surface area (TPSA) is 162 Å². The zero-order valence-electron chi connectivity index (χ0n) is 32.9. The molecule has 0 radical (unpaired) electrons. The zero-order valence-corrected chi connectivity index (χ0v) is 34.5. The minimum absolute atomic E-state index is 0.0542. The van der Waals surface area contributed by atoms with Gasteiger partial charge >= 0.3 is 0 Å². The number of hydrogen-bond donors (Lipinski definition) is 4. The number of methoxy groups -OCH3 is 1. The fourth-order valence-corrected chi connectivity index (χ4v) is 9.17. The Balaban J connectivity index is 0.978. The molecule has 4 aliphatic rings. The van der Waals surface area contributed by atoms with Crippen LogP contribution in [0.25, 0.3) is 16.6 Å². The molecule has 0 unspecified atom stereocenters. The molecule has 2 aromatic heterocycles. The van der Waals surface area contributed by atoms with Gasteiger partial charge in [-0.05, 0) is 103 Å². The number of anilines is 1. The average molecular weight is 835 g/mol. The summed E-state index contributed by atoms with van der Waals surface area (Å²) >= 11 is 7.18. The number of allylic oxidation sites excluding steroid dienone is 4. The van der Waals surface area contributed by atoms with Gasteiger partial charge in [0.25, 0.3) is 11.6 Å². The highest BCUT2D eigenvalue weighted by Gasteiger charge is 2.41. The van der Waals surface area contributed by atoms with Crippen molar-refractivity contribution in [3.8, 4) is 11.5 Å². The maximum absolute atomic E-state index is 13.8. The van der Waals surface area contributed by atoms with Gasteiger partial charge in [0.2, 0.25) is 0 Å². The van der Waals surface area contributed by atoms with Crippen LogP contribution in [0.1, 0.15) is 54.4 Å². The van der Waals surface area contributed by atoms with Gasteiger partial charge in [-0.1, -0.05) is 35.7 Å². The van der Waals surface area contributed by atoms with Crippen molar-refractivity contribution in [2.45, 2.75) is 38.5 Å². The number of aromatic nitrogens is 2. The first-order valence-corrected chi connectivity index (χ1v) is 21.1. The summed E-state index contributed by atoms with van der Waals surface area (Å²) in [5, 5.41) is 25.0. The molecule has 0 bridgehead atoms. The fraction of sp³-hybridized carbons (Fsp3) is 0.341. The highest BCUT2D eigenvalue weighted by atomic mass is 35.5. The second-order valence-corrected chi connectivity index (χ2v) is 16.9. The number of H-pyrrole nitrogens is 1. The third-order valence-corrected chi connectivity index (χ3v) is 12.8. The van der Waals surface area contributed by atoms with Crippen LogP contribution in [0.4, 0.5) is 5.69 Å². The van der Waals surface area contributed by atoms with Crippen LogP contribution in [-0.2, 0) is 4.74 Å². The number of benzene rings is 2. The summed E-state index contributed by atoms with van der Waals surface area (Å²) in [6, 6.07) is 17.7. The van der Waals surface area contributed by atoms with Crippen LogP contribution < -0.4 is 19.7 Å². The molecule has 13 nitrogen and oxygen atoms in total. The van der Waals surface area contributed by atoms with Gasteiger partial charge in [-0.3, -0.25) is 29.9 Å². The lowest BCUT2D eigenvalue weighted by molar-refractivity contribution is -0.420. The van der Waals surface area contributed by atoms with Crippen LogP contribution in [0.15, 0.2) is 107 Å². The first kappa shape index (κ1) is 40.4. The van der Waals surface area contributed by atoms with Gasteiger partial charge in [0, 0.05) is 91.9 Å². The number of nitrogens with zero attached hydrogens (tertiary/aromatic N) is 4. The Hall–Kier alpha value is -5.41. The van der Waals surface area contributed by atoms with Crippen LogP contribution in [0, 0.1) is 20.9 Å². The van der Waals surface area contributed by atoms with Crippen molar-refractivity contribution in [3.63, 3.8) is 0 Å². The number of halogens is 1. The monoisotopic (exact) mass is 834 g/mol. The van der Waals surface area contributed by atoms with Crippen molar-refractivity contribution >= 4 is 57.5 Å². The standard InChI is InChI=1S/C44H47ClN8O5S/c1-57-20-15-47-27-38-39(46)23-35(24-40(38)53(55)56)59-50-43(54)36-8-7-33(22-41(36)58-34-21-30-10-14-48-42(30)49-26-34)52-18-16-51(17-19-52)28-31-9-13-44(11-2-12-44)25-37(31)29-3-5-32(45)6-4-29/h3-8,10,14,21-24,26-27,46-47H,2,9,11-13,15-20,25,28H2,1H3,(H,48,49)(H,50,54)/b38-27+,46-39?. The van der Waals surface area contributed by atoms with E-state index in [2.05, 4.69) is 41.9 Å². The number of hydrogen-bond acceptors (Lipinski definition) is 11. The second kappa shape index (κ2) is 17.8. The van der Waals surface area contributed by atoms with Crippen LogP contribution in [-0.4, -0.2) is 84.4 Å². The van der Waals surface area contributed by atoms with E-state index in [-0.39, 0.29) is 22.5 Å². The number of fused-ring (bicyclic) bond motifs is 1. The largest absolute Gasteiger partial charge is 0.455 e. The molecule has 3 heterocycles. The summed E-state index contributed by atoms with van der Waals surface area (Å²) in [4.78, 5) is 38.0. The molecule has 2 aromatic carbocycles. The Morgan fingerprint density at radius 2 is 1.92 bits per heavy atom. The molecule has 3 aliphatic carbocycles. The SMILES string of the molecule is COCCN/C=C1\C(=N)C=C(SNC(=O)c2ccc(N3CCN(CC4=C(c5ccc(Cl)cc5)CC5(CCC5)CC4)CC3)cc2Oc2cnc3[nH]ccc3c2)C=C1[N+](=O)[O-]. The third-order valence-electron chi connectivity index (χ3n) is 11.8. The number of carbonyl (C=O) groups excluding carboxylic acids is 1. The molecule has 0 atom stereocenters. The molecule has 15 heteroatoms. The lowest BCUT2D eigenvalue weighted by atomic mass is 9.59. The van der Waals surface area contributed by atoms with Crippen molar-refractivity contribution in [2.24, 2.45) is 5.41 Å². The molecule has 2 fully saturated rings. The number of piperazine rings is 1. The molecular weight excluding hydrogens is 788 g/mol. The number of ether oxygens (including phenoxy) is 2. The van der Waals surface area contributed by atoms with Crippen LogP contribution >= 0.6 is 23.5 Å². The quantitative estimate of drug-likeness (QED) is 0.0420. The van der Waals surface area contributed by atoms with Crippen LogP contribution in [0.2, 0.25) is 5.02 Å². The summed E-state index contributed by atoms with van der Waals surface area (Å²) in [5.74, 6) is 0.370. The van der Waals surface area contributed by atoms with E-state index >= 15 is 0 Å². The molecule has 306 valence electrons. The number of pyridine rings is 1. The highest BCUT2D eigenvalue weighted by molar-refractivity contribution is 8.02. The summed E-state index contributed by atoms with van der Waals surface area (Å²) in [6.07, 6.45) is 15.3. The normalized spacial score (nSPS) is 18.8. The summed E-state index contributed by atoms with van der Waals surface area (Å²) < 4.78 is 14.2. The molecule has 1 saturated carbocycles. The summed E-state index contributed by atoms with van der Waals surface area (Å²) in [6.45, 7) is 5.22. The smallest absolute Gasteiger partial charge is 0.281 e. The molecule has 1 aliphatic heterocycles. The van der Waals surface area contributed by atoms with Gasteiger partial charge < -0.3 is 24.7 Å². The molecule has 4 N–H and O–H groups in total. The van der Waals surface area contributed by atoms with E-state index in [1.165, 1.54) is 55.2 Å². The van der Waals surface area contributed by atoms with Crippen molar-refractivity contribution < 1.29 is 19.2 Å². The lowest BCUT2D eigenvalue weighted by Gasteiger charge is -2.47. The highest BCUT2D eigenvalue weighted by Crippen LogP contribution is 2.55. The van der Waals surface area contributed by atoms with Crippen LogP contribution in [0.5, 0.6) is 11.5 Å². The van der Waals surface area contributed by atoms with Gasteiger partial charge in [-0.2, -0.15) is 0 Å². The lowest BCUT2D eigenvalue weighted by Crippen LogP contribution is -2.47. The number of rotatable bonds is 14. The maximum atomic E-state index is 13.8. The Morgan fingerprint density at radius 1 is 1.10 bits per heavy atom. The third kappa shape index (κ3) is 9.26. The minimum atomic E-state index is -0.538. The number of amides is 1. The Kier molecular flexibility index (Phi) is 12.2. The molecule has 1 spiro atoms. The van der Waals surface area contributed by atoms with E-state index in [9.17, 15) is 14.9 Å². The van der Waals surface area contributed by atoms with E-state index in [0.29, 0.717) is 35.0 Å². The van der Waals surface area contributed by atoms with E-state index < -0.39 is 10.8 Å². The summed E-state index contributed by atoms with van der Waals surface area (Å²) in [7, 11) is 1.56. The van der Waals surface area contributed by atoms with E-state index in [1.54, 1.807) is 31.1 Å². The minimum Gasteiger partial charge on any atom is -0.455 e. The number of nitrogens with one attached hydrogen (secondary N) is 4. The number of carbonyl (C=O) groups is 1. The molecule has 59 heavy (non-hydrogen) atoms. The first-order valence-electron chi connectivity index (χ1n) is 19.9. The van der Waals surface area contributed by atoms with Crippen molar-refractivity contribution in [3.05, 3.63) is 133 Å². The predicted molar refractivity (Wildman–Crippen MR) is 234 cm³/mol. The van der Waals surface area contributed by atoms with Gasteiger partial charge in [-0.15, -0.1) is 0 Å². The van der Waals surface area contributed by atoms with Crippen molar-refractivity contribution in [1.82, 2.24) is 24.9 Å². The van der Waals surface area contributed by atoms with E-state index in [1.807, 2.05) is 36.4 Å². The first-order chi connectivity index (χ1) is 28.7. The van der Waals surface area contributed by atoms with Crippen LogP contribution in [0.3, 0.4) is 0 Å². The molecular formula is C44H47ClN8O5S. The van der Waals surface area contributed by atoms with Gasteiger partial charge in [-0.25, -0.2) is 4.98 Å². The second-order valence-electron chi connectivity index (χ2n) is 15.5. The molecule has 8 rings (SSSR count). The zero-order chi connectivity index (χ0) is 40.9. The van der Waals surface area contributed by atoms with E-state index in [0.717, 1.165) is 79.3 Å². The Morgan fingerprint density at radius 3 is 2.66 bits per heavy atom. The van der Waals surface area contributed by atoms with E-state index in [4.69, 9.17) is 26.5 Å². The Bertz CT molecular complexity index is 2380. The van der Waals surface area contributed by atoms with Crippen molar-refractivity contribution in [2.75, 3.05) is 57.9 Å². The molecule has 4 aromatic rings. The van der Waals surface area contributed by atoms with Gasteiger partial charge in [0.15, 0.2) is 0 Å². The predicted octanol–water partition coefficient (Wildman–Crippen LogP) is 8.51. The Labute approximate surface area is 352 Å².